The number of hydrogen-bond donors (Lipinski definition) is 1. The van der Waals surface area contributed by atoms with Gasteiger partial charge in [-0.3, -0.25) is 14.4 Å². The molecule has 1 N–H and O–H groups in total. The lowest BCUT2D eigenvalue weighted by Gasteiger charge is -2.18. The summed E-state index contributed by atoms with van der Waals surface area (Å²) in [5, 5.41) is 7.04. The standard InChI is InChI=1S/C8H13ClO3.C7H12O3/c1-8(2,3)6(10)5(9)7(11)12-4;1-7(2,3)5(8)4-6(9)10/h5H,1-4H3;4H2,1-3H3,(H,9,10). The summed E-state index contributed by atoms with van der Waals surface area (Å²) in [5.74, 6) is -2.31. The van der Waals surface area contributed by atoms with Gasteiger partial charge in [-0.25, -0.2) is 4.79 Å². The predicted molar refractivity (Wildman–Crippen MR) is 82.8 cm³/mol. The summed E-state index contributed by atoms with van der Waals surface area (Å²) < 4.78 is 4.34. The van der Waals surface area contributed by atoms with Crippen LogP contribution >= 0.6 is 11.6 Å². The van der Waals surface area contributed by atoms with Crippen molar-refractivity contribution in [3.8, 4) is 0 Å². The number of rotatable bonds is 4. The van der Waals surface area contributed by atoms with E-state index in [-0.39, 0.29) is 18.0 Å². The Labute approximate surface area is 136 Å². The van der Waals surface area contributed by atoms with Crippen LogP contribution in [0.5, 0.6) is 0 Å². The third-order valence-corrected chi connectivity index (χ3v) is 2.90. The lowest BCUT2D eigenvalue weighted by Crippen LogP contribution is -2.35. The van der Waals surface area contributed by atoms with Gasteiger partial charge in [-0.1, -0.05) is 41.5 Å². The quantitative estimate of drug-likeness (QED) is 0.481. The molecule has 0 aromatic carbocycles. The number of carbonyl (C=O) groups excluding carboxylic acids is 3. The molecule has 0 aromatic heterocycles. The van der Waals surface area contributed by atoms with Crippen LogP contribution in [0, 0.1) is 10.8 Å². The van der Waals surface area contributed by atoms with Crippen LogP contribution in [-0.4, -0.2) is 41.1 Å². The minimum Gasteiger partial charge on any atom is -0.481 e. The molecule has 7 heteroatoms. The second-order valence-electron chi connectivity index (χ2n) is 6.74. The first kappa shape index (κ1) is 22.8. The highest BCUT2D eigenvalue weighted by molar-refractivity contribution is 6.41. The van der Waals surface area contributed by atoms with Crippen molar-refractivity contribution in [1.82, 2.24) is 0 Å². The zero-order chi connectivity index (χ0) is 18.3. The molecule has 0 aliphatic rings. The Morgan fingerprint density at radius 3 is 1.59 bits per heavy atom. The van der Waals surface area contributed by atoms with Gasteiger partial charge >= 0.3 is 11.9 Å². The van der Waals surface area contributed by atoms with Crippen LogP contribution in [-0.2, 0) is 23.9 Å². The summed E-state index contributed by atoms with van der Waals surface area (Å²) in [6.45, 7) is 10.2. The molecule has 128 valence electrons. The van der Waals surface area contributed by atoms with Gasteiger partial charge < -0.3 is 9.84 Å². The minimum atomic E-state index is -1.19. The SMILES string of the molecule is CC(C)(C)C(=O)CC(=O)O.COC(=O)C(Cl)C(=O)C(C)(C)C. The van der Waals surface area contributed by atoms with Gasteiger partial charge in [0.1, 0.15) is 12.2 Å². The molecule has 1 atom stereocenters. The van der Waals surface area contributed by atoms with E-state index >= 15 is 0 Å². The molecule has 0 aliphatic carbocycles. The zero-order valence-corrected chi connectivity index (χ0v) is 14.9. The van der Waals surface area contributed by atoms with E-state index in [0.29, 0.717) is 0 Å². The molecule has 6 nitrogen and oxygen atoms in total. The number of carboxylic acids is 1. The number of ether oxygens (including phenoxy) is 1. The van der Waals surface area contributed by atoms with Gasteiger partial charge in [-0.2, -0.15) is 0 Å². The highest BCUT2D eigenvalue weighted by Gasteiger charge is 2.33. The van der Waals surface area contributed by atoms with Crippen molar-refractivity contribution >= 4 is 35.1 Å². The van der Waals surface area contributed by atoms with E-state index in [0.717, 1.165) is 0 Å². The maximum atomic E-state index is 11.3. The molecule has 22 heavy (non-hydrogen) atoms. The van der Waals surface area contributed by atoms with Crippen LogP contribution in [0.3, 0.4) is 0 Å². The van der Waals surface area contributed by atoms with Crippen LogP contribution in [0.4, 0.5) is 0 Å². The molecule has 0 spiro atoms. The molecule has 0 heterocycles. The molecule has 0 aromatic rings. The normalized spacial score (nSPS) is 12.5. The Hall–Kier alpha value is -1.43. The number of ketones is 2. The number of carbonyl (C=O) groups is 4. The van der Waals surface area contributed by atoms with Crippen molar-refractivity contribution in [3.63, 3.8) is 0 Å². The summed E-state index contributed by atoms with van der Waals surface area (Å²) in [7, 11) is 1.20. The molecule has 0 fully saturated rings. The van der Waals surface area contributed by atoms with Gasteiger partial charge in [0.05, 0.1) is 7.11 Å². The average Bonchev–Trinajstić information content (AvgIpc) is 2.33. The van der Waals surface area contributed by atoms with Crippen molar-refractivity contribution in [2.75, 3.05) is 7.11 Å². The number of aliphatic carboxylic acids is 1. The smallest absolute Gasteiger partial charge is 0.331 e. The first-order valence-electron chi connectivity index (χ1n) is 6.66. The lowest BCUT2D eigenvalue weighted by molar-refractivity contribution is -0.145. The second kappa shape index (κ2) is 8.88. The summed E-state index contributed by atoms with van der Waals surface area (Å²) >= 11 is 5.54. The number of carboxylic acid groups (broad SMARTS) is 1. The molecule has 0 bridgehead atoms. The second-order valence-corrected chi connectivity index (χ2v) is 7.18. The van der Waals surface area contributed by atoms with Gasteiger partial charge in [0, 0.05) is 10.8 Å². The third-order valence-electron chi connectivity index (χ3n) is 2.53. The summed E-state index contributed by atoms with van der Waals surface area (Å²) in [4.78, 5) is 43.1. The zero-order valence-electron chi connectivity index (χ0n) is 14.2. The molecular formula is C15H25ClO6. The van der Waals surface area contributed by atoms with Crippen LogP contribution in [0.25, 0.3) is 0 Å². The molecule has 1 unspecified atom stereocenters. The average molecular weight is 337 g/mol. The van der Waals surface area contributed by atoms with E-state index in [1.54, 1.807) is 41.5 Å². The minimum absolute atomic E-state index is 0.236. The van der Waals surface area contributed by atoms with Crippen molar-refractivity contribution in [1.29, 1.82) is 0 Å². The Balaban J connectivity index is 0. The highest BCUT2D eigenvalue weighted by Crippen LogP contribution is 2.20. The van der Waals surface area contributed by atoms with Gasteiger partial charge in [0.15, 0.2) is 11.2 Å². The van der Waals surface area contributed by atoms with E-state index in [4.69, 9.17) is 16.7 Å². The van der Waals surface area contributed by atoms with E-state index in [1.807, 2.05) is 0 Å². The van der Waals surface area contributed by atoms with E-state index in [9.17, 15) is 19.2 Å². The van der Waals surface area contributed by atoms with Crippen LogP contribution < -0.4 is 0 Å². The van der Waals surface area contributed by atoms with Gasteiger partial charge in [0.25, 0.3) is 0 Å². The maximum Gasteiger partial charge on any atom is 0.331 e. The van der Waals surface area contributed by atoms with Gasteiger partial charge in [-0.15, -0.1) is 11.6 Å². The fraction of sp³-hybridized carbons (Fsp3) is 0.733. The van der Waals surface area contributed by atoms with Crippen molar-refractivity contribution in [2.24, 2.45) is 10.8 Å². The number of Topliss-reactive ketones (excluding diaryl/α,β-unsaturated/α-hetero) is 2. The molecule has 0 amide bonds. The van der Waals surface area contributed by atoms with Crippen LogP contribution in [0.1, 0.15) is 48.0 Å². The van der Waals surface area contributed by atoms with Crippen molar-refractivity contribution in [2.45, 2.75) is 53.3 Å². The van der Waals surface area contributed by atoms with Crippen molar-refractivity contribution in [3.05, 3.63) is 0 Å². The third kappa shape index (κ3) is 9.50. The number of methoxy groups -OCH3 is 1. The molecule has 0 saturated carbocycles. The Bertz CT molecular complexity index is 428. The van der Waals surface area contributed by atoms with Crippen LogP contribution in [0.2, 0.25) is 0 Å². The Morgan fingerprint density at radius 2 is 1.41 bits per heavy atom. The molecular weight excluding hydrogens is 312 g/mol. The summed E-state index contributed by atoms with van der Waals surface area (Å²) in [6, 6.07) is 0. The maximum absolute atomic E-state index is 11.3. The highest BCUT2D eigenvalue weighted by atomic mass is 35.5. The topological polar surface area (TPSA) is 97.7 Å². The van der Waals surface area contributed by atoms with E-state index in [1.165, 1.54) is 7.11 Å². The van der Waals surface area contributed by atoms with Crippen molar-refractivity contribution < 1.29 is 29.0 Å². The number of alkyl halides is 1. The van der Waals surface area contributed by atoms with E-state index < -0.39 is 28.1 Å². The predicted octanol–water partition coefficient (Wildman–Crippen LogP) is 2.46. The molecule has 0 rings (SSSR count). The van der Waals surface area contributed by atoms with Gasteiger partial charge in [0.2, 0.25) is 0 Å². The van der Waals surface area contributed by atoms with E-state index in [2.05, 4.69) is 4.74 Å². The fourth-order valence-corrected chi connectivity index (χ4v) is 1.41. The van der Waals surface area contributed by atoms with Crippen LogP contribution in [0.15, 0.2) is 0 Å². The summed E-state index contributed by atoms with van der Waals surface area (Å²) in [5.41, 5.74) is -1.14. The molecule has 0 radical (unpaired) electrons. The number of esters is 1. The largest absolute Gasteiger partial charge is 0.481 e. The number of hydrogen-bond acceptors (Lipinski definition) is 5. The first-order valence-corrected chi connectivity index (χ1v) is 7.09. The first-order chi connectivity index (χ1) is 9.64. The molecule has 0 aliphatic heterocycles. The Kier molecular flexibility index (Phi) is 9.22. The monoisotopic (exact) mass is 336 g/mol. The van der Waals surface area contributed by atoms with Gasteiger partial charge in [-0.05, 0) is 0 Å². The fourth-order valence-electron chi connectivity index (χ4n) is 0.993. The lowest BCUT2D eigenvalue weighted by atomic mass is 9.89. The Morgan fingerprint density at radius 1 is 1.00 bits per heavy atom. The number of halogens is 1. The molecule has 0 saturated heterocycles. The summed E-state index contributed by atoms with van der Waals surface area (Å²) in [6.07, 6.45) is -0.372.